The number of benzene rings is 2. The minimum absolute atomic E-state index is 0.00965. The fourth-order valence-corrected chi connectivity index (χ4v) is 5.36. The summed E-state index contributed by atoms with van der Waals surface area (Å²) in [5.41, 5.74) is 1.29. The second-order valence-corrected chi connectivity index (χ2v) is 10.0. The molecule has 2 aliphatic rings. The fourth-order valence-electron chi connectivity index (χ4n) is 4.04. The smallest absolute Gasteiger partial charge is 0.265 e. The van der Waals surface area contributed by atoms with Crippen molar-refractivity contribution < 1.29 is 27.5 Å². The standard InChI is InChI=1S/C23H26N4O6S/c1-15(28)24-16-6-8-17(9-7-16)25-22(29)13-27-20-12-19(10-11-21(20)33-14-23(27)30)34(31,32)26-18-4-2-3-5-18/h6-12,18,26H,2-5,13-14H2,1H3,(H,24,28)(H,25,29). The molecule has 1 aliphatic carbocycles. The maximum absolute atomic E-state index is 12.9. The molecule has 1 fully saturated rings. The molecule has 2 aromatic rings. The summed E-state index contributed by atoms with van der Waals surface area (Å²) >= 11 is 0. The Morgan fingerprint density at radius 1 is 1.03 bits per heavy atom. The van der Waals surface area contributed by atoms with Crippen LogP contribution in [0.3, 0.4) is 0 Å². The van der Waals surface area contributed by atoms with Crippen molar-refractivity contribution in [2.45, 2.75) is 43.5 Å². The van der Waals surface area contributed by atoms with Gasteiger partial charge in [-0.05, 0) is 55.3 Å². The van der Waals surface area contributed by atoms with Crippen LogP contribution in [0, 0.1) is 0 Å². The fraction of sp³-hybridized carbons (Fsp3) is 0.348. The van der Waals surface area contributed by atoms with Crippen molar-refractivity contribution in [3.05, 3.63) is 42.5 Å². The lowest BCUT2D eigenvalue weighted by Crippen LogP contribution is -2.43. The quantitative estimate of drug-likeness (QED) is 0.550. The van der Waals surface area contributed by atoms with Crippen molar-refractivity contribution >= 4 is 44.8 Å². The third kappa shape index (κ3) is 5.54. The summed E-state index contributed by atoms with van der Waals surface area (Å²) in [6.07, 6.45) is 3.56. The van der Waals surface area contributed by atoms with Gasteiger partial charge in [0.05, 0.1) is 10.6 Å². The van der Waals surface area contributed by atoms with E-state index in [0.29, 0.717) is 17.1 Å². The Bertz CT molecular complexity index is 1210. The number of nitrogens with zero attached hydrogens (tertiary/aromatic N) is 1. The minimum Gasteiger partial charge on any atom is -0.482 e. The van der Waals surface area contributed by atoms with Gasteiger partial charge in [-0.3, -0.25) is 19.3 Å². The third-order valence-corrected chi connectivity index (χ3v) is 7.17. The Morgan fingerprint density at radius 2 is 1.68 bits per heavy atom. The van der Waals surface area contributed by atoms with E-state index in [1.807, 2.05) is 0 Å². The maximum Gasteiger partial charge on any atom is 0.265 e. The molecule has 10 nitrogen and oxygen atoms in total. The van der Waals surface area contributed by atoms with Crippen molar-refractivity contribution in [1.29, 1.82) is 0 Å². The molecule has 0 radical (unpaired) electrons. The largest absolute Gasteiger partial charge is 0.482 e. The van der Waals surface area contributed by atoms with E-state index in [2.05, 4.69) is 15.4 Å². The van der Waals surface area contributed by atoms with Gasteiger partial charge in [0.15, 0.2) is 6.61 Å². The number of ether oxygens (including phenoxy) is 1. The first-order valence-electron chi connectivity index (χ1n) is 11.0. The van der Waals surface area contributed by atoms with Gasteiger partial charge in [-0.15, -0.1) is 0 Å². The van der Waals surface area contributed by atoms with Crippen molar-refractivity contribution in [2.24, 2.45) is 0 Å². The average Bonchev–Trinajstić information content (AvgIpc) is 3.29. The van der Waals surface area contributed by atoms with Crippen molar-refractivity contribution in [3.63, 3.8) is 0 Å². The lowest BCUT2D eigenvalue weighted by atomic mass is 10.2. The van der Waals surface area contributed by atoms with Crippen molar-refractivity contribution in [1.82, 2.24) is 4.72 Å². The van der Waals surface area contributed by atoms with Gasteiger partial charge in [-0.25, -0.2) is 13.1 Å². The number of sulfonamides is 1. The molecule has 0 atom stereocenters. The van der Waals surface area contributed by atoms with Crippen molar-refractivity contribution in [3.8, 4) is 5.75 Å². The van der Waals surface area contributed by atoms with Crippen LogP contribution in [0.4, 0.5) is 17.1 Å². The maximum atomic E-state index is 12.9. The second-order valence-electron chi connectivity index (χ2n) is 8.31. The van der Waals surface area contributed by atoms with Gasteiger partial charge < -0.3 is 15.4 Å². The SMILES string of the molecule is CC(=O)Nc1ccc(NC(=O)CN2C(=O)COc3ccc(S(=O)(=O)NC4CCCC4)cc32)cc1. The summed E-state index contributed by atoms with van der Waals surface area (Å²) in [6.45, 7) is 0.828. The molecule has 1 saturated carbocycles. The number of rotatable bonds is 7. The molecule has 4 rings (SSSR count). The van der Waals surface area contributed by atoms with E-state index in [4.69, 9.17) is 4.74 Å². The van der Waals surface area contributed by atoms with Crippen LogP contribution in [0.2, 0.25) is 0 Å². The molecule has 11 heteroatoms. The van der Waals surface area contributed by atoms with Gasteiger partial charge in [0.25, 0.3) is 5.91 Å². The summed E-state index contributed by atoms with van der Waals surface area (Å²) in [7, 11) is -3.78. The highest BCUT2D eigenvalue weighted by atomic mass is 32.2. The van der Waals surface area contributed by atoms with Crippen LogP contribution in [0.15, 0.2) is 47.4 Å². The summed E-state index contributed by atoms with van der Waals surface area (Å²) in [5.74, 6) is -0.805. The summed E-state index contributed by atoms with van der Waals surface area (Å²) in [5, 5.41) is 5.33. The van der Waals surface area contributed by atoms with E-state index in [-0.39, 0.29) is 35.7 Å². The van der Waals surface area contributed by atoms with Gasteiger partial charge in [-0.1, -0.05) is 12.8 Å². The zero-order valence-electron chi connectivity index (χ0n) is 18.7. The molecule has 0 bridgehead atoms. The highest BCUT2D eigenvalue weighted by molar-refractivity contribution is 7.89. The molecule has 34 heavy (non-hydrogen) atoms. The molecule has 1 aliphatic heterocycles. The summed E-state index contributed by atoms with van der Waals surface area (Å²) < 4.78 is 33.9. The summed E-state index contributed by atoms with van der Waals surface area (Å²) in [4.78, 5) is 37.6. The van der Waals surface area contributed by atoms with Crippen LogP contribution in [0.1, 0.15) is 32.6 Å². The van der Waals surface area contributed by atoms with E-state index in [0.717, 1.165) is 25.7 Å². The molecular weight excluding hydrogens is 460 g/mol. The Morgan fingerprint density at radius 3 is 2.32 bits per heavy atom. The van der Waals surface area contributed by atoms with E-state index in [1.54, 1.807) is 24.3 Å². The Balaban J connectivity index is 1.49. The predicted octanol–water partition coefficient (Wildman–Crippen LogP) is 2.23. The lowest BCUT2D eigenvalue weighted by Gasteiger charge is -2.29. The van der Waals surface area contributed by atoms with E-state index in [1.165, 1.54) is 30.0 Å². The molecule has 180 valence electrons. The molecule has 0 aromatic heterocycles. The normalized spacial score (nSPS) is 16.0. The number of hydrogen-bond acceptors (Lipinski definition) is 6. The highest BCUT2D eigenvalue weighted by Crippen LogP contribution is 2.34. The first kappa shape index (κ1) is 23.7. The van der Waals surface area contributed by atoms with Crippen LogP contribution in [-0.4, -0.2) is 45.3 Å². The molecule has 1 heterocycles. The molecule has 2 aromatic carbocycles. The number of hydrogen-bond donors (Lipinski definition) is 3. The summed E-state index contributed by atoms with van der Waals surface area (Å²) in [6, 6.07) is 10.7. The number of fused-ring (bicyclic) bond motifs is 1. The van der Waals surface area contributed by atoms with Crippen LogP contribution in [-0.2, 0) is 24.4 Å². The van der Waals surface area contributed by atoms with Gasteiger partial charge in [0, 0.05) is 24.3 Å². The average molecular weight is 487 g/mol. The number of nitrogens with one attached hydrogen (secondary N) is 3. The van der Waals surface area contributed by atoms with Crippen LogP contribution >= 0.6 is 0 Å². The molecule has 0 saturated heterocycles. The third-order valence-electron chi connectivity index (χ3n) is 5.65. The highest BCUT2D eigenvalue weighted by Gasteiger charge is 2.30. The molecule has 0 unspecified atom stereocenters. The van der Waals surface area contributed by atoms with E-state index < -0.39 is 21.8 Å². The first-order valence-corrected chi connectivity index (χ1v) is 12.5. The van der Waals surface area contributed by atoms with Gasteiger partial charge in [0.2, 0.25) is 21.8 Å². The number of carbonyl (C=O) groups excluding carboxylic acids is 3. The topological polar surface area (TPSA) is 134 Å². The van der Waals surface area contributed by atoms with Crippen molar-refractivity contribution in [2.75, 3.05) is 28.7 Å². The minimum atomic E-state index is -3.78. The second kappa shape index (κ2) is 9.82. The lowest BCUT2D eigenvalue weighted by molar-refractivity contribution is -0.123. The van der Waals surface area contributed by atoms with E-state index in [9.17, 15) is 22.8 Å². The van der Waals surface area contributed by atoms with E-state index >= 15 is 0 Å². The van der Waals surface area contributed by atoms with Gasteiger partial charge in [-0.2, -0.15) is 0 Å². The molecule has 3 amide bonds. The Hall–Kier alpha value is -3.44. The van der Waals surface area contributed by atoms with Crippen LogP contribution < -0.4 is 25.0 Å². The predicted molar refractivity (Wildman–Crippen MR) is 126 cm³/mol. The molecule has 0 spiro atoms. The number of carbonyl (C=O) groups is 3. The van der Waals surface area contributed by atoms with Gasteiger partial charge >= 0.3 is 0 Å². The zero-order valence-corrected chi connectivity index (χ0v) is 19.5. The van der Waals surface area contributed by atoms with Gasteiger partial charge in [0.1, 0.15) is 12.3 Å². The Labute approximate surface area is 197 Å². The number of anilines is 3. The zero-order chi connectivity index (χ0) is 24.3. The van der Waals surface area contributed by atoms with Crippen LogP contribution in [0.5, 0.6) is 5.75 Å². The molecule has 3 N–H and O–H groups in total. The first-order chi connectivity index (χ1) is 16.2. The molecular formula is C23H26N4O6S. The number of amides is 3. The monoisotopic (exact) mass is 486 g/mol. The van der Waals surface area contributed by atoms with Crippen LogP contribution in [0.25, 0.3) is 0 Å². The Kier molecular flexibility index (Phi) is 6.85.